The number of nitrogens with zero attached hydrogens (tertiary/aromatic N) is 1. The van der Waals surface area contributed by atoms with Crippen LogP contribution >= 0.6 is 0 Å². The summed E-state index contributed by atoms with van der Waals surface area (Å²) in [4.78, 5) is 13.0. The van der Waals surface area contributed by atoms with Crippen molar-refractivity contribution in [3.63, 3.8) is 0 Å². The second-order valence-electron chi connectivity index (χ2n) is 8.15. The molecule has 1 amide bonds. The summed E-state index contributed by atoms with van der Waals surface area (Å²) in [6.45, 7) is 1.64. The zero-order valence-corrected chi connectivity index (χ0v) is 21.7. The van der Waals surface area contributed by atoms with Crippen molar-refractivity contribution in [1.29, 1.82) is 0 Å². The van der Waals surface area contributed by atoms with Gasteiger partial charge in [-0.15, -0.1) is 0 Å². The summed E-state index contributed by atoms with van der Waals surface area (Å²) in [5.74, 6) is 1.01. The molecule has 192 valence electrons. The molecule has 3 aromatic rings. The summed E-state index contributed by atoms with van der Waals surface area (Å²) in [6, 6.07) is 20.9. The smallest absolute Gasteiger partial charge is 0.243 e. The fraction of sp³-hybridized carbons (Fsp3) is 0.296. The van der Waals surface area contributed by atoms with Crippen molar-refractivity contribution in [2.45, 2.75) is 24.3 Å². The Morgan fingerprint density at radius 3 is 2.17 bits per heavy atom. The average Bonchev–Trinajstić information content (AvgIpc) is 2.90. The average molecular weight is 513 g/mol. The van der Waals surface area contributed by atoms with Gasteiger partial charge in [-0.05, 0) is 48.7 Å². The van der Waals surface area contributed by atoms with Gasteiger partial charge in [-0.2, -0.15) is 4.31 Å². The molecule has 0 spiro atoms. The molecule has 0 aliphatic carbocycles. The van der Waals surface area contributed by atoms with E-state index in [1.807, 2.05) is 61.5 Å². The van der Waals surface area contributed by atoms with Crippen LogP contribution in [0.5, 0.6) is 17.2 Å². The molecular weight excluding hydrogens is 480 g/mol. The van der Waals surface area contributed by atoms with Crippen LogP contribution in [-0.2, 0) is 21.2 Å². The summed E-state index contributed by atoms with van der Waals surface area (Å²) < 4.78 is 44.1. The lowest BCUT2D eigenvalue weighted by atomic mass is 10.1. The largest absolute Gasteiger partial charge is 0.497 e. The van der Waals surface area contributed by atoms with Crippen molar-refractivity contribution in [2.24, 2.45) is 0 Å². The van der Waals surface area contributed by atoms with E-state index in [0.717, 1.165) is 11.1 Å². The summed E-state index contributed by atoms with van der Waals surface area (Å²) in [7, 11) is 0.492. The van der Waals surface area contributed by atoms with Gasteiger partial charge in [0, 0.05) is 12.6 Å². The Morgan fingerprint density at radius 1 is 0.889 bits per heavy atom. The van der Waals surface area contributed by atoms with Crippen LogP contribution in [0.25, 0.3) is 0 Å². The summed E-state index contributed by atoms with van der Waals surface area (Å²) in [5.41, 5.74) is 1.85. The molecule has 0 unspecified atom stereocenters. The molecule has 0 bridgehead atoms. The number of carbonyl (C=O) groups is 1. The Hall–Kier alpha value is -3.56. The van der Waals surface area contributed by atoms with E-state index >= 15 is 0 Å². The van der Waals surface area contributed by atoms with E-state index in [9.17, 15) is 13.2 Å². The number of sulfonamides is 1. The second-order valence-corrected chi connectivity index (χ2v) is 10.1. The fourth-order valence-electron chi connectivity index (χ4n) is 3.73. The molecule has 1 atom stereocenters. The first kappa shape index (κ1) is 27.0. The minimum Gasteiger partial charge on any atom is -0.497 e. The lowest BCUT2D eigenvalue weighted by Crippen LogP contribution is -2.42. The van der Waals surface area contributed by atoms with Crippen LogP contribution in [0.3, 0.4) is 0 Å². The minimum atomic E-state index is -4.01. The highest BCUT2D eigenvalue weighted by molar-refractivity contribution is 7.89. The maximum absolute atomic E-state index is 13.6. The van der Waals surface area contributed by atoms with Crippen molar-refractivity contribution in [3.05, 3.63) is 83.9 Å². The molecule has 0 aliphatic heterocycles. The molecule has 0 saturated heterocycles. The van der Waals surface area contributed by atoms with E-state index in [1.54, 1.807) is 7.11 Å². The van der Waals surface area contributed by atoms with Gasteiger partial charge in [-0.25, -0.2) is 8.42 Å². The van der Waals surface area contributed by atoms with E-state index in [2.05, 4.69) is 5.32 Å². The molecule has 9 heteroatoms. The van der Waals surface area contributed by atoms with Gasteiger partial charge in [0.25, 0.3) is 0 Å². The van der Waals surface area contributed by atoms with E-state index in [0.29, 0.717) is 23.7 Å². The Labute approximate surface area is 212 Å². The third-order valence-electron chi connectivity index (χ3n) is 5.80. The van der Waals surface area contributed by atoms with Crippen LogP contribution in [0.1, 0.15) is 24.1 Å². The molecule has 0 radical (unpaired) electrons. The first-order valence-corrected chi connectivity index (χ1v) is 12.9. The van der Waals surface area contributed by atoms with E-state index in [4.69, 9.17) is 14.2 Å². The van der Waals surface area contributed by atoms with Crippen LogP contribution in [-0.4, -0.2) is 53.0 Å². The molecule has 3 rings (SSSR count). The third kappa shape index (κ3) is 6.77. The van der Waals surface area contributed by atoms with Crippen LogP contribution in [0.4, 0.5) is 0 Å². The van der Waals surface area contributed by atoms with Crippen molar-refractivity contribution >= 4 is 15.9 Å². The zero-order valence-electron chi connectivity index (χ0n) is 20.9. The molecular formula is C27H32N2O6S. The van der Waals surface area contributed by atoms with Crippen LogP contribution in [0.2, 0.25) is 0 Å². The number of methoxy groups -OCH3 is 3. The number of hydrogen-bond acceptors (Lipinski definition) is 6. The molecule has 0 saturated carbocycles. The topological polar surface area (TPSA) is 94.2 Å². The summed E-state index contributed by atoms with van der Waals surface area (Å²) in [6.07, 6.45) is 0.453. The number of rotatable bonds is 12. The second kappa shape index (κ2) is 12.4. The Bertz CT molecular complexity index is 1250. The molecule has 0 heterocycles. The number of amides is 1. The van der Waals surface area contributed by atoms with Crippen LogP contribution in [0.15, 0.2) is 77.7 Å². The van der Waals surface area contributed by atoms with Gasteiger partial charge in [-0.3, -0.25) is 4.79 Å². The maximum atomic E-state index is 13.6. The van der Waals surface area contributed by atoms with E-state index in [-0.39, 0.29) is 24.0 Å². The van der Waals surface area contributed by atoms with Gasteiger partial charge in [0.1, 0.15) is 5.75 Å². The highest BCUT2D eigenvalue weighted by atomic mass is 32.2. The summed E-state index contributed by atoms with van der Waals surface area (Å²) in [5, 5.41) is 2.90. The van der Waals surface area contributed by atoms with Gasteiger partial charge < -0.3 is 19.5 Å². The standard InChI is InChI=1S/C27H32N2O6S/c1-20(22-10-12-23(33-2)13-11-22)28-27(30)19-29(17-16-21-8-6-5-7-9-21)36(31,32)24-14-15-25(34-3)26(18-24)35-4/h5-15,18,20H,16-17,19H2,1-4H3,(H,28,30)/t20-/m0/s1. The predicted octanol–water partition coefficient (Wildman–Crippen LogP) is 3.82. The quantitative estimate of drug-likeness (QED) is 0.397. The van der Waals surface area contributed by atoms with Gasteiger partial charge in [0.05, 0.1) is 38.8 Å². The van der Waals surface area contributed by atoms with Crippen molar-refractivity contribution in [1.82, 2.24) is 9.62 Å². The molecule has 0 aliphatic rings. The lowest BCUT2D eigenvalue weighted by Gasteiger charge is -2.24. The highest BCUT2D eigenvalue weighted by Crippen LogP contribution is 2.30. The van der Waals surface area contributed by atoms with Gasteiger partial charge >= 0.3 is 0 Å². The maximum Gasteiger partial charge on any atom is 0.243 e. The van der Waals surface area contributed by atoms with Gasteiger partial charge in [0.2, 0.25) is 15.9 Å². The Morgan fingerprint density at radius 2 is 1.56 bits per heavy atom. The highest BCUT2D eigenvalue weighted by Gasteiger charge is 2.28. The third-order valence-corrected chi connectivity index (χ3v) is 7.64. The monoisotopic (exact) mass is 512 g/mol. The first-order valence-electron chi connectivity index (χ1n) is 11.5. The van der Waals surface area contributed by atoms with E-state index in [1.165, 1.54) is 36.7 Å². The number of benzene rings is 3. The summed E-state index contributed by atoms with van der Waals surface area (Å²) >= 11 is 0. The lowest BCUT2D eigenvalue weighted by molar-refractivity contribution is -0.121. The fourth-order valence-corrected chi connectivity index (χ4v) is 5.14. The molecule has 8 nitrogen and oxygen atoms in total. The van der Waals surface area contributed by atoms with E-state index < -0.39 is 15.9 Å². The predicted molar refractivity (Wildman–Crippen MR) is 138 cm³/mol. The SMILES string of the molecule is COc1ccc([C@H](C)NC(=O)CN(CCc2ccccc2)S(=O)(=O)c2ccc(OC)c(OC)c2)cc1. The molecule has 3 aromatic carbocycles. The van der Waals surface area contributed by atoms with Crippen molar-refractivity contribution < 1.29 is 27.4 Å². The minimum absolute atomic E-state index is 0.0178. The van der Waals surface area contributed by atoms with Crippen LogP contribution in [0, 0.1) is 0 Å². The van der Waals surface area contributed by atoms with Crippen LogP contribution < -0.4 is 19.5 Å². The number of nitrogens with one attached hydrogen (secondary N) is 1. The number of carbonyl (C=O) groups excluding carboxylic acids is 1. The van der Waals surface area contributed by atoms with Crippen molar-refractivity contribution in [3.8, 4) is 17.2 Å². The molecule has 0 aromatic heterocycles. The number of ether oxygens (including phenoxy) is 3. The Balaban J connectivity index is 1.82. The zero-order chi connectivity index (χ0) is 26.1. The first-order chi connectivity index (χ1) is 17.3. The number of hydrogen-bond donors (Lipinski definition) is 1. The van der Waals surface area contributed by atoms with Crippen molar-refractivity contribution in [2.75, 3.05) is 34.4 Å². The molecule has 36 heavy (non-hydrogen) atoms. The normalized spacial score (nSPS) is 12.1. The van der Waals surface area contributed by atoms with Gasteiger partial charge in [-0.1, -0.05) is 42.5 Å². The Kier molecular flexibility index (Phi) is 9.32. The van der Waals surface area contributed by atoms with Gasteiger partial charge in [0.15, 0.2) is 11.5 Å². The molecule has 0 fully saturated rings. The molecule has 1 N–H and O–H groups in total.